The average molecular weight is 520 g/mol. The van der Waals surface area contributed by atoms with Gasteiger partial charge in [0.25, 0.3) is 0 Å². The molecule has 2 heterocycles. The molecule has 0 spiro atoms. The third kappa shape index (κ3) is 6.48. The first kappa shape index (κ1) is 26.5. The Bertz CT molecular complexity index is 1430. The number of aromatic amines is 1. The Hall–Kier alpha value is -4.12. The lowest BCUT2D eigenvalue weighted by Gasteiger charge is -2.32. The summed E-state index contributed by atoms with van der Waals surface area (Å²) in [6.45, 7) is 8.45. The molecule has 1 aliphatic heterocycles. The number of aryl methyl sites for hydroxylation is 1. The van der Waals surface area contributed by atoms with Crippen molar-refractivity contribution in [2.45, 2.75) is 46.5 Å². The minimum Gasteiger partial charge on any atom is -0.372 e. The number of hydrogen-bond donors (Lipinski definition) is 2. The Morgan fingerprint density at radius 3 is 1.85 bits per heavy atom. The van der Waals surface area contributed by atoms with Crippen LogP contribution in [0.3, 0.4) is 0 Å². The third-order valence-electron chi connectivity index (χ3n) is 7.96. The van der Waals surface area contributed by atoms with E-state index >= 15 is 0 Å². The smallest absolute Gasteiger partial charge is 0.169 e. The molecule has 0 saturated carbocycles. The molecule has 200 valence electrons. The second kappa shape index (κ2) is 11.7. The predicted octanol–water partition coefficient (Wildman–Crippen LogP) is 7.46. The van der Waals surface area contributed by atoms with Gasteiger partial charge in [-0.2, -0.15) is 0 Å². The van der Waals surface area contributed by atoms with E-state index in [1.807, 2.05) is 74.5 Å². The maximum atomic E-state index is 12.9. The lowest BCUT2D eigenvalue weighted by Crippen LogP contribution is -2.32. The van der Waals surface area contributed by atoms with Gasteiger partial charge in [-0.3, -0.25) is 9.59 Å². The van der Waals surface area contributed by atoms with Crippen LogP contribution < -0.4 is 10.2 Å². The first-order valence-corrected chi connectivity index (χ1v) is 13.9. The van der Waals surface area contributed by atoms with E-state index < -0.39 is 0 Å². The van der Waals surface area contributed by atoms with Gasteiger partial charge in [0.15, 0.2) is 11.6 Å². The normalized spacial score (nSPS) is 13.9. The highest BCUT2D eigenvalue weighted by atomic mass is 16.1. The van der Waals surface area contributed by atoms with Crippen LogP contribution in [-0.4, -0.2) is 29.6 Å². The van der Waals surface area contributed by atoms with Gasteiger partial charge in [-0.15, -0.1) is 0 Å². The van der Waals surface area contributed by atoms with Crippen LogP contribution in [0.5, 0.6) is 0 Å². The number of carbonyl (C=O) groups is 2. The maximum Gasteiger partial charge on any atom is 0.169 e. The first-order chi connectivity index (χ1) is 18.9. The highest BCUT2D eigenvalue weighted by Crippen LogP contribution is 2.24. The van der Waals surface area contributed by atoms with Crippen LogP contribution in [0.15, 0.2) is 79.0 Å². The first-order valence-electron chi connectivity index (χ1n) is 13.9. The lowest BCUT2D eigenvalue weighted by atomic mass is 9.98. The molecule has 1 aliphatic rings. The summed E-state index contributed by atoms with van der Waals surface area (Å²) in [4.78, 5) is 31.1. The summed E-state index contributed by atoms with van der Waals surface area (Å²) in [6, 6.07) is 24.0. The van der Waals surface area contributed by atoms with Gasteiger partial charge in [-0.25, -0.2) is 0 Å². The molecular weight excluding hydrogens is 482 g/mol. The summed E-state index contributed by atoms with van der Waals surface area (Å²) < 4.78 is 0. The maximum absolute atomic E-state index is 12.9. The summed E-state index contributed by atoms with van der Waals surface area (Å²) in [5.41, 5.74) is 8.65. The molecule has 0 radical (unpaired) electrons. The van der Waals surface area contributed by atoms with E-state index in [9.17, 15) is 9.59 Å². The number of rotatable bonds is 9. The molecule has 3 aromatic carbocycles. The van der Waals surface area contributed by atoms with Crippen molar-refractivity contribution >= 4 is 28.6 Å². The van der Waals surface area contributed by atoms with Crippen molar-refractivity contribution in [2.24, 2.45) is 5.92 Å². The van der Waals surface area contributed by atoms with Crippen molar-refractivity contribution in [1.29, 1.82) is 0 Å². The fraction of sp³-hybridized carbons (Fsp3) is 0.294. The van der Waals surface area contributed by atoms with E-state index in [2.05, 4.69) is 34.3 Å². The van der Waals surface area contributed by atoms with Crippen molar-refractivity contribution in [3.63, 3.8) is 0 Å². The van der Waals surface area contributed by atoms with Crippen LogP contribution in [0.2, 0.25) is 0 Å². The molecule has 1 aromatic heterocycles. The van der Waals surface area contributed by atoms with Gasteiger partial charge < -0.3 is 15.2 Å². The number of H-pyrrole nitrogens is 1. The fourth-order valence-electron chi connectivity index (χ4n) is 5.16. The molecule has 2 N–H and O–H groups in total. The van der Waals surface area contributed by atoms with Crippen LogP contribution in [0.1, 0.15) is 62.9 Å². The summed E-state index contributed by atoms with van der Waals surface area (Å²) in [7, 11) is 0. The van der Waals surface area contributed by atoms with Gasteiger partial charge in [0.05, 0.1) is 0 Å². The largest absolute Gasteiger partial charge is 0.372 e. The lowest BCUT2D eigenvalue weighted by molar-refractivity contribution is 0.0984. The second-order valence-electron chi connectivity index (χ2n) is 10.9. The Morgan fingerprint density at radius 1 is 0.795 bits per heavy atom. The Labute approximate surface area is 231 Å². The standard InChI is InChI=1S/C34H37N3O2/c1-23-16-18-37(19-17-23)31-14-8-28(9-15-31)33(38)20-26-4-10-29(11-5-26)36-30-12-6-27(7-13-30)21-34(39)32-22-35-25(3)24(32)2/h4-15,22-23,35-36H,16-21H2,1-3H3. The van der Waals surface area contributed by atoms with Crippen LogP contribution in [0, 0.1) is 19.8 Å². The van der Waals surface area contributed by atoms with Crippen LogP contribution >= 0.6 is 0 Å². The molecule has 1 fully saturated rings. The van der Waals surface area contributed by atoms with Gasteiger partial charge in [0.1, 0.15) is 0 Å². The molecule has 0 amide bonds. The quantitative estimate of drug-likeness (QED) is 0.225. The van der Waals surface area contributed by atoms with E-state index in [1.165, 1.54) is 18.5 Å². The van der Waals surface area contributed by atoms with Crippen molar-refractivity contribution < 1.29 is 9.59 Å². The molecule has 5 nitrogen and oxygen atoms in total. The Morgan fingerprint density at radius 2 is 1.33 bits per heavy atom. The fourth-order valence-corrected chi connectivity index (χ4v) is 5.16. The molecule has 0 atom stereocenters. The SMILES string of the molecule is Cc1[nH]cc(C(=O)Cc2ccc(Nc3ccc(CC(=O)c4ccc(N5CCC(C)CC5)cc4)cc3)cc2)c1C. The number of nitrogens with zero attached hydrogens (tertiary/aromatic N) is 1. The Kier molecular flexibility index (Phi) is 7.97. The van der Waals surface area contributed by atoms with Crippen LogP contribution in [0.4, 0.5) is 17.1 Å². The van der Waals surface area contributed by atoms with Crippen molar-refractivity contribution in [3.8, 4) is 0 Å². The third-order valence-corrected chi connectivity index (χ3v) is 7.96. The topological polar surface area (TPSA) is 65.2 Å². The molecule has 4 aromatic rings. The summed E-state index contributed by atoms with van der Waals surface area (Å²) in [5, 5.41) is 3.40. The van der Waals surface area contributed by atoms with E-state index in [4.69, 9.17) is 0 Å². The van der Waals surface area contributed by atoms with Crippen LogP contribution in [-0.2, 0) is 12.8 Å². The molecule has 0 aliphatic carbocycles. The number of anilines is 3. The zero-order chi connectivity index (χ0) is 27.4. The van der Waals surface area contributed by atoms with Crippen LogP contribution in [0.25, 0.3) is 0 Å². The summed E-state index contributed by atoms with van der Waals surface area (Å²) >= 11 is 0. The second-order valence-corrected chi connectivity index (χ2v) is 10.9. The minimum atomic E-state index is 0.121. The van der Waals surface area contributed by atoms with Crippen molar-refractivity contribution in [3.05, 3.63) is 113 Å². The number of benzene rings is 3. The summed E-state index contributed by atoms with van der Waals surface area (Å²) in [6.07, 6.45) is 5.01. The highest BCUT2D eigenvalue weighted by molar-refractivity contribution is 5.99. The molecule has 0 unspecified atom stereocenters. The molecule has 39 heavy (non-hydrogen) atoms. The zero-order valence-corrected chi connectivity index (χ0v) is 23.1. The molecule has 0 bridgehead atoms. The number of nitrogens with one attached hydrogen (secondary N) is 2. The average Bonchev–Trinajstić information content (AvgIpc) is 3.29. The monoisotopic (exact) mass is 519 g/mol. The van der Waals surface area contributed by atoms with Gasteiger partial charge in [0.2, 0.25) is 0 Å². The zero-order valence-electron chi connectivity index (χ0n) is 23.1. The molecule has 1 saturated heterocycles. The number of aromatic nitrogens is 1. The van der Waals surface area contributed by atoms with Gasteiger partial charge in [0, 0.05) is 66.0 Å². The number of carbonyl (C=O) groups excluding carboxylic acids is 2. The molecule has 5 rings (SSSR count). The van der Waals surface area contributed by atoms with Crippen molar-refractivity contribution in [2.75, 3.05) is 23.3 Å². The number of piperidine rings is 1. The van der Waals surface area contributed by atoms with E-state index in [0.717, 1.165) is 63.9 Å². The number of hydrogen-bond acceptors (Lipinski definition) is 4. The highest BCUT2D eigenvalue weighted by Gasteiger charge is 2.17. The van der Waals surface area contributed by atoms with Gasteiger partial charge in [-0.1, -0.05) is 31.2 Å². The predicted molar refractivity (Wildman–Crippen MR) is 160 cm³/mol. The number of Topliss-reactive ketones (excluding diaryl/α,β-unsaturated/α-hetero) is 2. The van der Waals surface area contributed by atoms with E-state index in [1.54, 1.807) is 6.20 Å². The number of ketones is 2. The van der Waals surface area contributed by atoms with Gasteiger partial charge in [-0.05, 0) is 97.8 Å². The van der Waals surface area contributed by atoms with Crippen molar-refractivity contribution in [1.82, 2.24) is 4.98 Å². The van der Waals surface area contributed by atoms with E-state index in [0.29, 0.717) is 12.8 Å². The summed E-state index contributed by atoms with van der Waals surface area (Å²) in [5.74, 6) is 1.05. The molecular formula is C34H37N3O2. The van der Waals surface area contributed by atoms with Gasteiger partial charge >= 0.3 is 0 Å². The van der Waals surface area contributed by atoms with E-state index in [-0.39, 0.29) is 11.6 Å². The minimum absolute atomic E-state index is 0.121. The Balaban J connectivity index is 1.13. The molecule has 5 heteroatoms.